The molecule has 1 amide bonds. The van der Waals surface area contributed by atoms with Crippen molar-refractivity contribution < 1.29 is 9.53 Å². The van der Waals surface area contributed by atoms with Gasteiger partial charge < -0.3 is 15.0 Å². The zero-order valence-corrected chi connectivity index (χ0v) is 14.2. The molecule has 2 aromatic rings. The fourth-order valence-corrected chi connectivity index (χ4v) is 3.30. The number of anilines is 1. The molecule has 1 aromatic heterocycles. The third-order valence-electron chi connectivity index (χ3n) is 4.52. The first kappa shape index (κ1) is 16.3. The molecule has 1 fully saturated rings. The molecule has 126 valence electrons. The van der Waals surface area contributed by atoms with Gasteiger partial charge in [-0.1, -0.05) is 12.1 Å². The number of nitrogens with zero attached hydrogens (tertiary/aromatic N) is 2. The molecule has 1 aliphatic rings. The fraction of sp³-hybridized carbons (Fsp3) is 0.368. The Morgan fingerprint density at radius 1 is 1.29 bits per heavy atom. The van der Waals surface area contributed by atoms with Crippen molar-refractivity contribution in [2.75, 3.05) is 26.0 Å². The molecule has 24 heavy (non-hydrogen) atoms. The van der Waals surface area contributed by atoms with E-state index in [1.807, 2.05) is 29.2 Å². The Bertz CT molecular complexity index is 717. The number of methoxy groups -OCH3 is 1. The first-order chi connectivity index (χ1) is 11.7. The lowest BCUT2D eigenvalue weighted by atomic mass is 9.94. The summed E-state index contributed by atoms with van der Waals surface area (Å²) in [4.78, 5) is 19.4. The first-order valence-electron chi connectivity index (χ1n) is 8.32. The lowest BCUT2D eigenvalue weighted by Gasteiger charge is -2.36. The Hall–Kier alpha value is -2.56. The molecule has 1 saturated heterocycles. The molecule has 1 aliphatic heterocycles. The minimum absolute atomic E-state index is 0.0277. The summed E-state index contributed by atoms with van der Waals surface area (Å²) in [5, 5.41) is 3.01. The van der Waals surface area contributed by atoms with E-state index >= 15 is 0 Å². The summed E-state index contributed by atoms with van der Waals surface area (Å²) in [6.45, 7) is 0.763. The predicted molar refractivity (Wildman–Crippen MR) is 94.4 cm³/mol. The van der Waals surface area contributed by atoms with Crippen LogP contribution in [0.2, 0.25) is 0 Å². The molecule has 0 radical (unpaired) electrons. The standard InChI is InChI=1S/C19H23N3O2/c1-20-18-16(9-6-11-21-18)19(23)22-12-4-3-10-17(22)14-7-5-8-15(13-14)24-2/h5-9,11,13,17H,3-4,10,12H2,1-2H3,(H,20,21). The Balaban J connectivity index is 1.93. The molecule has 5 nitrogen and oxygen atoms in total. The van der Waals surface area contributed by atoms with Gasteiger partial charge in [-0.3, -0.25) is 4.79 Å². The Morgan fingerprint density at radius 3 is 2.96 bits per heavy atom. The van der Waals surface area contributed by atoms with Crippen LogP contribution in [0.4, 0.5) is 5.82 Å². The molecule has 2 heterocycles. The predicted octanol–water partition coefficient (Wildman–Crippen LogP) is 3.50. The van der Waals surface area contributed by atoms with Gasteiger partial charge >= 0.3 is 0 Å². The smallest absolute Gasteiger partial charge is 0.258 e. The van der Waals surface area contributed by atoms with Crippen molar-refractivity contribution in [1.82, 2.24) is 9.88 Å². The van der Waals surface area contributed by atoms with Crippen LogP contribution in [-0.4, -0.2) is 36.5 Å². The normalized spacial score (nSPS) is 17.4. The lowest BCUT2D eigenvalue weighted by molar-refractivity contribution is 0.0612. The van der Waals surface area contributed by atoms with E-state index in [1.165, 1.54) is 0 Å². The van der Waals surface area contributed by atoms with E-state index < -0.39 is 0 Å². The Labute approximate surface area is 142 Å². The second-order valence-corrected chi connectivity index (χ2v) is 5.94. The lowest BCUT2D eigenvalue weighted by Crippen LogP contribution is -2.38. The Morgan fingerprint density at radius 2 is 2.17 bits per heavy atom. The number of benzene rings is 1. The maximum Gasteiger partial charge on any atom is 0.258 e. The second kappa shape index (κ2) is 7.34. The molecule has 1 unspecified atom stereocenters. The van der Waals surface area contributed by atoms with Gasteiger partial charge in [-0.05, 0) is 49.1 Å². The van der Waals surface area contributed by atoms with E-state index in [4.69, 9.17) is 4.74 Å². The number of hydrogen-bond acceptors (Lipinski definition) is 4. The summed E-state index contributed by atoms with van der Waals surface area (Å²) in [6, 6.07) is 11.7. The van der Waals surface area contributed by atoms with Crippen LogP contribution < -0.4 is 10.1 Å². The van der Waals surface area contributed by atoms with E-state index in [0.717, 1.165) is 37.1 Å². The summed E-state index contributed by atoms with van der Waals surface area (Å²) < 4.78 is 5.34. The maximum atomic E-state index is 13.1. The van der Waals surface area contributed by atoms with Gasteiger partial charge in [0.2, 0.25) is 0 Å². The van der Waals surface area contributed by atoms with Crippen LogP contribution in [0.25, 0.3) is 0 Å². The number of rotatable bonds is 4. The Kier molecular flexibility index (Phi) is 4.99. The number of ether oxygens (including phenoxy) is 1. The summed E-state index contributed by atoms with van der Waals surface area (Å²) in [6.07, 6.45) is 4.81. The third kappa shape index (κ3) is 3.20. The van der Waals surface area contributed by atoms with Gasteiger partial charge in [0.05, 0.1) is 18.7 Å². The van der Waals surface area contributed by atoms with Gasteiger partial charge in [-0.25, -0.2) is 4.98 Å². The minimum atomic E-state index is 0.0277. The summed E-state index contributed by atoms with van der Waals surface area (Å²) >= 11 is 0. The summed E-state index contributed by atoms with van der Waals surface area (Å²) in [7, 11) is 3.45. The van der Waals surface area contributed by atoms with Gasteiger partial charge in [-0.2, -0.15) is 0 Å². The van der Waals surface area contributed by atoms with E-state index in [-0.39, 0.29) is 11.9 Å². The van der Waals surface area contributed by atoms with Crippen LogP contribution in [0, 0.1) is 0 Å². The molecule has 1 atom stereocenters. The van der Waals surface area contributed by atoms with Crippen LogP contribution in [0.3, 0.4) is 0 Å². The van der Waals surface area contributed by atoms with Crippen LogP contribution in [0.5, 0.6) is 5.75 Å². The van der Waals surface area contributed by atoms with Crippen LogP contribution in [0.1, 0.15) is 41.2 Å². The molecule has 3 rings (SSSR count). The van der Waals surface area contributed by atoms with Crippen molar-refractivity contribution in [3.8, 4) is 5.75 Å². The number of aromatic nitrogens is 1. The largest absolute Gasteiger partial charge is 0.497 e. The molecule has 0 bridgehead atoms. The average molecular weight is 325 g/mol. The van der Waals surface area contributed by atoms with E-state index in [9.17, 15) is 4.79 Å². The van der Waals surface area contributed by atoms with Crippen molar-refractivity contribution in [2.24, 2.45) is 0 Å². The number of amides is 1. The monoisotopic (exact) mass is 325 g/mol. The highest BCUT2D eigenvalue weighted by Gasteiger charge is 2.30. The summed E-state index contributed by atoms with van der Waals surface area (Å²) in [5.74, 6) is 1.47. The van der Waals surface area contributed by atoms with Crippen molar-refractivity contribution in [3.63, 3.8) is 0 Å². The number of carbonyl (C=O) groups is 1. The van der Waals surface area contributed by atoms with Crippen molar-refractivity contribution in [1.29, 1.82) is 0 Å². The van der Waals surface area contributed by atoms with Gasteiger partial charge in [-0.15, -0.1) is 0 Å². The molecule has 0 spiro atoms. The van der Waals surface area contributed by atoms with Gasteiger partial charge in [0.15, 0.2) is 0 Å². The fourth-order valence-electron chi connectivity index (χ4n) is 3.30. The molecule has 1 aromatic carbocycles. The maximum absolute atomic E-state index is 13.1. The highest BCUT2D eigenvalue weighted by molar-refractivity contribution is 5.99. The number of likely N-dealkylation sites (tertiary alicyclic amines) is 1. The molecular weight excluding hydrogens is 302 g/mol. The molecule has 0 saturated carbocycles. The second-order valence-electron chi connectivity index (χ2n) is 5.94. The number of nitrogens with one attached hydrogen (secondary N) is 1. The summed E-state index contributed by atoms with van der Waals surface area (Å²) in [5.41, 5.74) is 1.74. The zero-order chi connectivity index (χ0) is 16.9. The van der Waals surface area contributed by atoms with Crippen LogP contribution in [-0.2, 0) is 0 Å². The van der Waals surface area contributed by atoms with Gasteiger partial charge in [0.25, 0.3) is 5.91 Å². The molecule has 0 aliphatic carbocycles. The first-order valence-corrected chi connectivity index (χ1v) is 8.32. The van der Waals surface area contributed by atoms with E-state index in [2.05, 4.69) is 16.4 Å². The molecule has 1 N–H and O–H groups in total. The highest BCUT2D eigenvalue weighted by Crippen LogP contribution is 2.34. The average Bonchev–Trinajstić information content (AvgIpc) is 2.67. The van der Waals surface area contributed by atoms with E-state index in [0.29, 0.717) is 11.4 Å². The van der Waals surface area contributed by atoms with Crippen molar-refractivity contribution in [3.05, 3.63) is 53.7 Å². The quantitative estimate of drug-likeness (QED) is 0.935. The van der Waals surface area contributed by atoms with E-state index in [1.54, 1.807) is 26.4 Å². The zero-order valence-electron chi connectivity index (χ0n) is 14.2. The number of carbonyl (C=O) groups excluding carboxylic acids is 1. The highest BCUT2D eigenvalue weighted by atomic mass is 16.5. The third-order valence-corrected chi connectivity index (χ3v) is 4.52. The van der Waals surface area contributed by atoms with Crippen molar-refractivity contribution >= 4 is 11.7 Å². The van der Waals surface area contributed by atoms with Crippen LogP contribution >= 0.6 is 0 Å². The van der Waals surface area contributed by atoms with Gasteiger partial charge in [0, 0.05) is 19.8 Å². The SMILES string of the molecule is CNc1ncccc1C(=O)N1CCCCC1c1cccc(OC)c1. The topological polar surface area (TPSA) is 54.5 Å². The van der Waals surface area contributed by atoms with Crippen LogP contribution in [0.15, 0.2) is 42.6 Å². The van der Waals surface area contributed by atoms with Gasteiger partial charge in [0.1, 0.15) is 11.6 Å². The molecular formula is C19H23N3O2. The number of pyridine rings is 1. The van der Waals surface area contributed by atoms with Crippen molar-refractivity contribution in [2.45, 2.75) is 25.3 Å². The molecule has 5 heteroatoms. The number of hydrogen-bond donors (Lipinski definition) is 1. The minimum Gasteiger partial charge on any atom is -0.497 e. The number of piperidine rings is 1.